The number of esters is 4. The maximum Gasteiger partial charge on any atom is 0.429 e. The van der Waals surface area contributed by atoms with Crippen molar-refractivity contribution in [3.05, 3.63) is 101 Å². The number of rotatable bonds is 14. The third-order valence-electron chi connectivity index (χ3n) is 8.97. The summed E-state index contributed by atoms with van der Waals surface area (Å²) in [5, 5.41) is 9.71. The van der Waals surface area contributed by atoms with E-state index in [1.54, 1.807) is 19.9 Å². The lowest BCUT2D eigenvalue weighted by atomic mass is 9.90. The summed E-state index contributed by atoms with van der Waals surface area (Å²) in [4.78, 5) is 75.2. The number of hydrogen-bond acceptors (Lipinski definition) is 16. The van der Waals surface area contributed by atoms with Gasteiger partial charge in [0.05, 0.1) is 32.1 Å². The van der Waals surface area contributed by atoms with Crippen molar-refractivity contribution in [3.8, 4) is 0 Å². The van der Waals surface area contributed by atoms with E-state index in [0.29, 0.717) is 5.57 Å². The van der Waals surface area contributed by atoms with Crippen LogP contribution < -0.4 is 5.43 Å². The van der Waals surface area contributed by atoms with E-state index < -0.39 is 85.5 Å². The zero-order valence-electron chi connectivity index (χ0n) is 33.9. The predicted octanol–water partition coefficient (Wildman–Crippen LogP) is 3.98. The molecule has 19 heteroatoms. The van der Waals surface area contributed by atoms with Gasteiger partial charge < -0.3 is 37.9 Å². The van der Waals surface area contributed by atoms with Gasteiger partial charge in [-0.2, -0.15) is 0 Å². The molecular weight excluding hydrogens is 786 g/mol. The van der Waals surface area contributed by atoms with Gasteiger partial charge in [0.1, 0.15) is 24.4 Å². The first-order valence-corrected chi connectivity index (χ1v) is 19.1. The van der Waals surface area contributed by atoms with E-state index in [1.165, 1.54) is 10.9 Å². The molecule has 0 radical (unpaired) electrons. The van der Waals surface area contributed by atoms with Gasteiger partial charge >= 0.3 is 36.1 Å². The Kier molecular flexibility index (Phi) is 15.5. The molecule has 2 aromatic carbocycles. The number of amides is 2. The lowest BCUT2D eigenvalue weighted by molar-refractivity contribution is -0.310. The third-order valence-corrected chi connectivity index (χ3v) is 8.97. The van der Waals surface area contributed by atoms with Gasteiger partial charge in [-0.05, 0) is 36.1 Å². The molecular formula is C41H47N5O14. The van der Waals surface area contributed by atoms with Gasteiger partial charge in [0.15, 0.2) is 24.6 Å². The molecule has 0 saturated carbocycles. The number of carbonyl (C=O) groups is 6. The second kappa shape index (κ2) is 20.9. The van der Waals surface area contributed by atoms with E-state index >= 15 is 0 Å². The molecule has 1 saturated heterocycles. The standard InChI is InChI=1S/C41H47N5O14/c1-7-53-40(51)43-46(41(52)54-8-2)35-31(34(28-15-11-9-12-16-28)29-17-13-10-14-18-29)19-20-32(35)45-21-30(42-44-45)22-56-39-38(59-27(6)50)37(58-26(5)49)36(57-25(4)48)33(60-39)23-55-24(3)47/h9-21,32-33,35-39H,7-8,22-23H2,1-6H3,(H,43,51)/t32-,33-,35-,36-,37+,38-,39-/m1/s1. The van der Waals surface area contributed by atoms with Crippen LogP contribution in [0.1, 0.15) is 64.4 Å². The van der Waals surface area contributed by atoms with E-state index in [-0.39, 0.29) is 25.5 Å². The maximum absolute atomic E-state index is 13.7. The van der Waals surface area contributed by atoms with Crippen molar-refractivity contribution in [1.82, 2.24) is 25.4 Å². The minimum absolute atomic E-state index is 0.00200. The van der Waals surface area contributed by atoms with Gasteiger partial charge in [-0.25, -0.2) is 24.7 Å². The Morgan fingerprint density at radius 2 is 1.33 bits per heavy atom. The van der Waals surface area contributed by atoms with E-state index in [9.17, 15) is 28.8 Å². The molecule has 1 N–H and O–H groups in total. The number of benzene rings is 2. The highest BCUT2D eigenvalue weighted by Crippen LogP contribution is 2.39. The summed E-state index contributed by atoms with van der Waals surface area (Å²) in [6, 6.07) is 17.2. The molecule has 0 bridgehead atoms. The Labute approximate surface area is 345 Å². The number of nitrogens with one attached hydrogen (secondary N) is 1. The highest BCUT2D eigenvalue weighted by atomic mass is 16.7. The smallest absolute Gasteiger partial charge is 0.429 e. The quantitative estimate of drug-likeness (QED) is 0.138. The number of hydrazine groups is 1. The fraction of sp³-hybridized carbons (Fsp3) is 0.415. The summed E-state index contributed by atoms with van der Waals surface area (Å²) < 4.78 is 45.8. The number of ether oxygens (including phenoxy) is 8. The molecule has 7 atom stereocenters. The minimum Gasteiger partial charge on any atom is -0.463 e. The summed E-state index contributed by atoms with van der Waals surface area (Å²) in [6.07, 6.45) is -3.57. The summed E-state index contributed by atoms with van der Waals surface area (Å²) in [5.41, 5.74) is 5.81. The molecule has 1 aromatic heterocycles. The Morgan fingerprint density at radius 3 is 1.90 bits per heavy atom. The molecule has 0 unspecified atom stereocenters. The minimum atomic E-state index is -1.48. The lowest BCUT2D eigenvalue weighted by Gasteiger charge is -2.43. The van der Waals surface area contributed by atoms with Crippen LogP contribution in [0.15, 0.2) is 84.6 Å². The SMILES string of the molecule is CCOC(=O)NN(C(=O)OCC)[C@@H]1C(=C(c2ccccc2)c2ccccc2)C=C[C@H]1n1cc(CO[C@@H]2O[C@H](COC(C)=O)[C@@H](OC(C)=O)[C@H](OC(C)=O)[C@H]2OC(C)=O)nn1. The van der Waals surface area contributed by atoms with Crippen molar-refractivity contribution in [2.75, 3.05) is 19.8 Å². The summed E-state index contributed by atoms with van der Waals surface area (Å²) >= 11 is 0. The first kappa shape index (κ1) is 44.5. The number of aromatic nitrogens is 3. The third kappa shape index (κ3) is 11.3. The molecule has 320 valence electrons. The molecule has 3 aromatic rings. The van der Waals surface area contributed by atoms with E-state index in [2.05, 4.69) is 15.7 Å². The molecule has 1 aliphatic carbocycles. The Hall–Kier alpha value is -6.60. The molecule has 1 fully saturated rings. The number of nitrogens with zero attached hydrogens (tertiary/aromatic N) is 4. The number of hydrogen-bond donors (Lipinski definition) is 1. The molecule has 5 rings (SSSR count). The second-order valence-corrected chi connectivity index (χ2v) is 13.3. The average Bonchev–Trinajstić information content (AvgIpc) is 3.85. The number of carbonyl (C=O) groups excluding carboxylic acids is 6. The predicted molar refractivity (Wildman–Crippen MR) is 207 cm³/mol. The molecule has 2 amide bonds. The van der Waals surface area contributed by atoms with Crippen LogP contribution >= 0.6 is 0 Å². The largest absolute Gasteiger partial charge is 0.463 e. The highest BCUT2D eigenvalue weighted by Gasteiger charge is 2.53. The molecule has 60 heavy (non-hydrogen) atoms. The van der Waals surface area contributed by atoms with Crippen LogP contribution in [0, 0.1) is 0 Å². The topological polar surface area (TPSA) is 222 Å². The second-order valence-electron chi connectivity index (χ2n) is 13.3. The monoisotopic (exact) mass is 833 g/mol. The van der Waals surface area contributed by atoms with Crippen molar-refractivity contribution >= 4 is 41.6 Å². The first-order chi connectivity index (χ1) is 28.8. The Balaban J connectivity index is 1.53. The molecule has 1 aliphatic heterocycles. The van der Waals surface area contributed by atoms with Crippen molar-refractivity contribution in [1.29, 1.82) is 0 Å². The summed E-state index contributed by atoms with van der Waals surface area (Å²) in [6.45, 7) is 7.03. The van der Waals surface area contributed by atoms with Crippen LogP contribution in [0.3, 0.4) is 0 Å². The summed E-state index contributed by atoms with van der Waals surface area (Å²) in [7, 11) is 0. The van der Waals surface area contributed by atoms with Crippen molar-refractivity contribution < 1.29 is 66.7 Å². The van der Waals surface area contributed by atoms with E-state index in [0.717, 1.165) is 49.4 Å². The van der Waals surface area contributed by atoms with Gasteiger partial charge in [-0.3, -0.25) is 19.2 Å². The zero-order chi connectivity index (χ0) is 43.3. The molecule has 2 heterocycles. The first-order valence-electron chi connectivity index (χ1n) is 19.1. The van der Waals surface area contributed by atoms with Crippen LogP contribution in [0.5, 0.6) is 0 Å². The lowest BCUT2D eigenvalue weighted by Crippen LogP contribution is -2.62. The van der Waals surface area contributed by atoms with Gasteiger partial charge in [-0.15, -0.1) is 5.10 Å². The van der Waals surface area contributed by atoms with Crippen LogP contribution in [-0.2, 0) is 63.7 Å². The maximum atomic E-state index is 13.7. The van der Waals surface area contributed by atoms with Crippen LogP contribution in [-0.4, -0.2) is 113 Å². The fourth-order valence-electron chi connectivity index (χ4n) is 6.75. The van der Waals surface area contributed by atoms with Crippen molar-refractivity contribution in [2.45, 2.75) is 90.9 Å². The van der Waals surface area contributed by atoms with Gasteiger partial charge in [0.2, 0.25) is 0 Å². The van der Waals surface area contributed by atoms with E-state index in [1.807, 2.05) is 66.7 Å². The normalized spacial score (nSPS) is 21.9. The Morgan fingerprint density at radius 1 is 0.750 bits per heavy atom. The summed E-state index contributed by atoms with van der Waals surface area (Å²) in [5.74, 6) is -3.04. The van der Waals surface area contributed by atoms with Crippen LogP contribution in [0.4, 0.5) is 9.59 Å². The molecule has 0 spiro atoms. The van der Waals surface area contributed by atoms with E-state index in [4.69, 9.17) is 37.9 Å². The van der Waals surface area contributed by atoms with Crippen LogP contribution in [0.2, 0.25) is 0 Å². The zero-order valence-corrected chi connectivity index (χ0v) is 33.9. The van der Waals surface area contributed by atoms with Crippen LogP contribution in [0.25, 0.3) is 5.57 Å². The Bertz CT molecular complexity index is 2010. The van der Waals surface area contributed by atoms with Gasteiger partial charge in [0, 0.05) is 27.7 Å². The fourth-order valence-corrected chi connectivity index (χ4v) is 6.75. The molecule has 19 nitrogen and oxygen atoms in total. The van der Waals surface area contributed by atoms with Crippen molar-refractivity contribution in [2.24, 2.45) is 0 Å². The average molecular weight is 834 g/mol. The highest BCUT2D eigenvalue weighted by molar-refractivity contribution is 5.86. The van der Waals surface area contributed by atoms with Crippen molar-refractivity contribution in [3.63, 3.8) is 0 Å². The van der Waals surface area contributed by atoms with Gasteiger partial charge in [-0.1, -0.05) is 78.0 Å². The van der Waals surface area contributed by atoms with Gasteiger partial charge in [0.25, 0.3) is 0 Å². The molecule has 2 aliphatic rings.